The van der Waals surface area contributed by atoms with Gasteiger partial charge in [-0.1, -0.05) is 80.6 Å². The average molecular weight is 459 g/mol. The average Bonchev–Trinajstić information content (AvgIpc) is 2.97. The Kier molecular flexibility index (Phi) is 7.28. The van der Waals surface area contributed by atoms with Gasteiger partial charge in [0.15, 0.2) is 0 Å². The van der Waals surface area contributed by atoms with E-state index in [1.54, 1.807) is 4.90 Å². The van der Waals surface area contributed by atoms with Crippen LogP contribution in [0.2, 0.25) is 0 Å². The summed E-state index contributed by atoms with van der Waals surface area (Å²) in [5.41, 5.74) is 3.79. The van der Waals surface area contributed by atoms with Crippen molar-refractivity contribution >= 4 is 17.6 Å². The second kappa shape index (κ2) is 10.5. The van der Waals surface area contributed by atoms with Crippen LogP contribution in [0.25, 0.3) is 0 Å². The first-order valence-corrected chi connectivity index (χ1v) is 11.6. The molecule has 4 rings (SSSR count). The predicted molar refractivity (Wildman–Crippen MR) is 132 cm³/mol. The molecule has 1 heterocycles. The highest BCUT2D eigenvalue weighted by Crippen LogP contribution is 2.32. The fraction of sp³-hybridized carbons (Fsp3) is 0.286. The highest BCUT2D eigenvalue weighted by atomic mass is 16.5. The summed E-state index contributed by atoms with van der Waals surface area (Å²) < 4.78 is 5.96. The Hall–Kier alpha value is -3.64. The molecule has 6 nitrogen and oxygen atoms in total. The molecule has 0 saturated carbocycles. The van der Waals surface area contributed by atoms with E-state index >= 15 is 0 Å². The molecule has 0 spiro atoms. The van der Waals surface area contributed by atoms with Gasteiger partial charge in [0.25, 0.3) is 0 Å². The third-order valence-corrected chi connectivity index (χ3v) is 6.10. The number of carboxylic acids is 1. The lowest BCUT2D eigenvalue weighted by molar-refractivity contribution is -0.140. The number of ether oxygens (including phenoxy) is 1. The van der Waals surface area contributed by atoms with Crippen molar-refractivity contribution in [3.8, 4) is 5.75 Å². The zero-order chi connectivity index (χ0) is 24.1. The van der Waals surface area contributed by atoms with Gasteiger partial charge in [-0.05, 0) is 41.2 Å². The van der Waals surface area contributed by atoms with Crippen LogP contribution in [0, 0.1) is 0 Å². The first-order valence-electron chi connectivity index (χ1n) is 11.6. The van der Waals surface area contributed by atoms with Crippen LogP contribution in [0.15, 0.2) is 78.9 Å². The number of hydrogen-bond acceptors (Lipinski definition) is 4. The quantitative estimate of drug-likeness (QED) is 0.523. The van der Waals surface area contributed by atoms with Crippen LogP contribution in [0.3, 0.4) is 0 Å². The minimum Gasteiger partial charge on any atom is -0.489 e. The number of carboxylic acid groups (broad SMARTS) is 1. The van der Waals surface area contributed by atoms with Crippen LogP contribution in [0.1, 0.15) is 36.5 Å². The number of carbonyl (C=O) groups excluding carboxylic acids is 1. The minimum atomic E-state index is -1.01. The molecule has 3 aromatic carbocycles. The van der Waals surface area contributed by atoms with Crippen LogP contribution in [0.4, 0.5) is 5.69 Å². The van der Waals surface area contributed by atoms with Gasteiger partial charge in [-0.15, -0.1) is 0 Å². The Labute approximate surface area is 200 Å². The Morgan fingerprint density at radius 3 is 2.35 bits per heavy atom. The molecule has 2 N–H and O–H groups in total. The maximum atomic E-state index is 13.7. The molecule has 0 bridgehead atoms. The van der Waals surface area contributed by atoms with Gasteiger partial charge in [0.2, 0.25) is 5.91 Å². The van der Waals surface area contributed by atoms with Gasteiger partial charge in [-0.3, -0.25) is 14.9 Å². The Balaban J connectivity index is 1.59. The second-order valence-corrected chi connectivity index (χ2v) is 8.90. The molecule has 34 heavy (non-hydrogen) atoms. The van der Waals surface area contributed by atoms with E-state index in [0.717, 1.165) is 11.1 Å². The number of amides is 1. The van der Waals surface area contributed by atoms with Gasteiger partial charge < -0.3 is 14.7 Å². The maximum absolute atomic E-state index is 13.7. The Morgan fingerprint density at radius 1 is 1.00 bits per heavy atom. The first-order chi connectivity index (χ1) is 16.4. The van der Waals surface area contributed by atoms with E-state index < -0.39 is 18.1 Å². The molecular weight excluding hydrogens is 428 g/mol. The number of anilines is 1. The molecular formula is C28H30N2O4. The number of para-hydroxylation sites is 2. The van der Waals surface area contributed by atoms with Crippen LogP contribution >= 0.6 is 0 Å². The topological polar surface area (TPSA) is 78.9 Å². The van der Waals surface area contributed by atoms with Crippen LogP contribution in [-0.2, 0) is 22.6 Å². The number of rotatable bonds is 8. The van der Waals surface area contributed by atoms with E-state index in [9.17, 15) is 14.7 Å². The lowest BCUT2D eigenvalue weighted by Gasteiger charge is -2.27. The van der Waals surface area contributed by atoms with Gasteiger partial charge >= 0.3 is 5.97 Å². The van der Waals surface area contributed by atoms with E-state index in [2.05, 4.69) is 31.3 Å². The molecule has 0 fully saturated rings. The standard InChI is InChI=1S/C28H30N2O4/c1-19(2)22-14-12-21(13-15-22)17-30-25-10-6-7-11-26(25)34-18-24(27(30)31)29-23(28(32)33)16-20-8-4-3-5-9-20/h3-15,19,23-24,29H,16-18H2,1-2H3,(H,32,33)/t23-,24+/m0/s1. The summed E-state index contributed by atoms with van der Waals surface area (Å²) in [5.74, 6) is -0.186. The zero-order valence-electron chi connectivity index (χ0n) is 19.5. The fourth-order valence-corrected chi connectivity index (χ4v) is 4.14. The summed E-state index contributed by atoms with van der Waals surface area (Å²) in [5, 5.41) is 12.9. The smallest absolute Gasteiger partial charge is 0.321 e. The largest absolute Gasteiger partial charge is 0.489 e. The molecule has 1 aliphatic heterocycles. The summed E-state index contributed by atoms with van der Waals surface area (Å²) in [7, 11) is 0. The van der Waals surface area contributed by atoms with Crippen molar-refractivity contribution in [1.82, 2.24) is 5.32 Å². The molecule has 0 radical (unpaired) electrons. The van der Waals surface area contributed by atoms with Crippen LogP contribution in [0.5, 0.6) is 5.75 Å². The Bertz CT molecular complexity index is 1130. The zero-order valence-corrected chi connectivity index (χ0v) is 19.5. The second-order valence-electron chi connectivity index (χ2n) is 8.90. The first kappa shape index (κ1) is 23.5. The van der Waals surface area contributed by atoms with Crippen molar-refractivity contribution in [3.05, 3.63) is 95.6 Å². The van der Waals surface area contributed by atoms with Crippen molar-refractivity contribution in [2.75, 3.05) is 11.5 Å². The molecule has 0 unspecified atom stereocenters. The third-order valence-electron chi connectivity index (χ3n) is 6.10. The monoisotopic (exact) mass is 458 g/mol. The summed E-state index contributed by atoms with van der Waals surface area (Å²) in [4.78, 5) is 27.4. The van der Waals surface area contributed by atoms with Crippen molar-refractivity contribution in [1.29, 1.82) is 0 Å². The van der Waals surface area contributed by atoms with E-state index in [-0.39, 0.29) is 18.9 Å². The number of nitrogens with zero attached hydrogens (tertiary/aromatic N) is 1. The van der Waals surface area contributed by atoms with Crippen LogP contribution < -0.4 is 15.0 Å². The van der Waals surface area contributed by atoms with Gasteiger partial charge in [0, 0.05) is 0 Å². The lowest BCUT2D eigenvalue weighted by atomic mass is 10.0. The molecule has 0 aromatic heterocycles. The highest BCUT2D eigenvalue weighted by molar-refractivity contribution is 5.99. The number of fused-ring (bicyclic) bond motifs is 1. The van der Waals surface area contributed by atoms with Crippen molar-refractivity contribution in [3.63, 3.8) is 0 Å². The summed E-state index contributed by atoms with van der Waals surface area (Å²) in [6.45, 7) is 4.71. The van der Waals surface area contributed by atoms with E-state index in [1.807, 2.05) is 66.7 Å². The summed E-state index contributed by atoms with van der Waals surface area (Å²) in [6.07, 6.45) is 0.267. The number of carbonyl (C=O) groups is 2. The molecule has 0 saturated heterocycles. The highest BCUT2D eigenvalue weighted by Gasteiger charge is 2.34. The van der Waals surface area contributed by atoms with E-state index in [4.69, 9.17) is 4.74 Å². The number of nitrogens with one attached hydrogen (secondary N) is 1. The van der Waals surface area contributed by atoms with Crippen LogP contribution in [-0.4, -0.2) is 35.7 Å². The molecule has 2 atom stereocenters. The van der Waals surface area contributed by atoms with Gasteiger partial charge in [0.05, 0.1) is 12.2 Å². The molecule has 1 aliphatic rings. The minimum absolute atomic E-state index is 0.0528. The van der Waals surface area contributed by atoms with Gasteiger partial charge in [-0.2, -0.15) is 0 Å². The predicted octanol–water partition coefficient (Wildman–Crippen LogP) is 4.39. The molecule has 176 valence electrons. The van der Waals surface area contributed by atoms with E-state index in [1.165, 1.54) is 5.56 Å². The number of aliphatic carboxylic acids is 1. The summed E-state index contributed by atoms with van der Waals surface area (Å²) in [6, 6.07) is 23.3. The van der Waals surface area contributed by atoms with Crippen molar-refractivity contribution in [2.45, 2.75) is 44.8 Å². The molecule has 1 amide bonds. The maximum Gasteiger partial charge on any atom is 0.321 e. The SMILES string of the molecule is CC(C)c1ccc(CN2C(=O)[C@H](N[C@@H](Cc3ccccc3)C(=O)O)COc3ccccc32)cc1. The number of hydrogen-bond donors (Lipinski definition) is 2. The summed E-state index contributed by atoms with van der Waals surface area (Å²) >= 11 is 0. The van der Waals surface area contributed by atoms with Gasteiger partial charge in [-0.25, -0.2) is 0 Å². The Morgan fingerprint density at radius 2 is 1.68 bits per heavy atom. The lowest BCUT2D eigenvalue weighted by Crippen LogP contribution is -2.54. The molecule has 6 heteroatoms. The molecule has 3 aromatic rings. The van der Waals surface area contributed by atoms with Crippen molar-refractivity contribution in [2.24, 2.45) is 0 Å². The third kappa shape index (κ3) is 5.46. The van der Waals surface area contributed by atoms with Crippen molar-refractivity contribution < 1.29 is 19.4 Å². The normalized spacial score (nSPS) is 16.5. The molecule has 0 aliphatic carbocycles. The number of benzene rings is 3. The van der Waals surface area contributed by atoms with Gasteiger partial charge in [0.1, 0.15) is 24.4 Å². The fourth-order valence-electron chi connectivity index (χ4n) is 4.14. The van der Waals surface area contributed by atoms with E-state index in [0.29, 0.717) is 23.9 Å².